The van der Waals surface area contributed by atoms with Crippen molar-refractivity contribution in [1.82, 2.24) is 4.90 Å². The molecule has 0 fully saturated rings. The van der Waals surface area contributed by atoms with Gasteiger partial charge in [-0.2, -0.15) is 4.90 Å². The molecule has 0 aliphatic carbocycles. The first-order chi connectivity index (χ1) is 12.6. The average Bonchev–Trinajstić information content (AvgIpc) is 2.63. The summed E-state index contributed by atoms with van der Waals surface area (Å²) in [7, 11) is 0. The van der Waals surface area contributed by atoms with Crippen molar-refractivity contribution < 1.29 is 19.1 Å². The van der Waals surface area contributed by atoms with Crippen LogP contribution in [0.2, 0.25) is 0 Å². The number of imide groups is 3. The first-order valence-corrected chi connectivity index (χ1v) is 8.72. The van der Waals surface area contributed by atoms with E-state index in [4.69, 9.17) is 4.74 Å². The number of rotatable bonds is 7. The number of amides is 3. The second-order valence-electron chi connectivity index (χ2n) is 5.92. The van der Waals surface area contributed by atoms with Gasteiger partial charge < -0.3 is 4.74 Å². The van der Waals surface area contributed by atoms with E-state index >= 15 is 0 Å². The van der Waals surface area contributed by atoms with Crippen LogP contribution in [0.15, 0.2) is 60.7 Å². The van der Waals surface area contributed by atoms with E-state index in [0.29, 0.717) is 11.3 Å². The molecule has 0 spiro atoms. The molecule has 5 heteroatoms. The fourth-order valence-electron chi connectivity index (χ4n) is 2.41. The Morgan fingerprint density at radius 3 is 1.69 bits per heavy atom. The van der Waals surface area contributed by atoms with Gasteiger partial charge in [-0.3, -0.25) is 9.59 Å². The molecule has 0 unspecified atom stereocenters. The van der Waals surface area contributed by atoms with E-state index in [9.17, 15) is 14.4 Å². The Labute approximate surface area is 153 Å². The van der Waals surface area contributed by atoms with Crippen LogP contribution in [0.5, 0.6) is 0 Å². The lowest BCUT2D eigenvalue weighted by Crippen LogP contribution is -2.44. The number of unbranched alkanes of at least 4 members (excludes halogenated alkanes) is 1. The Bertz CT molecular complexity index is 675. The van der Waals surface area contributed by atoms with E-state index in [1.165, 1.54) is 0 Å². The predicted octanol–water partition coefficient (Wildman–Crippen LogP) is 3.76. The lowest BCUT2D eigenvalue weighted by Gasteiger charge is -2.19. The first-order valence-electron chi connectivity index (χ1n) is 8.72. The predicted molar refractivity (Wildman–Crippen MR) is 98.4 cm³/mol. The average molecular weight is 353 g/mol. The van der Waals surface area contributed by atoms with E-state index < -0.39 is 17.9 Å². The molecule has 0 heterocycles. The minimum absolute atomic E-state index is 0.0375. The van der Waals surface area contributed by atoms with Gasteiger partial charge >= 0.3 is 6.09 Å². The van der Waals surface area contributed by atoms with Gasteiger partial charge in [-0.1, -0.05) is 74.0 Å². The number of ether oxygens (including phenoxy) is 1. The third-order valence-electron chi connectivity index (χ3n) is 3.80. The molecule has 0 saturated carbocycles. The van der Waals surface area contributed by atoms with Gasteiger partial charge in [0, 0.05) is 0 Å². The summed E-state index contributed by atoms with van der Waals surface area (Å²) in [5, 5.41) is 0. The summed E-state index contributed by atoms with van der Waals surface area (Å²) in [6, 6.07) is 18.0. The third kappa shape index (κ3) is 5.84. The van der Waals surface area contributed by atoms with E-state index in [1.54, 1.807) is 48.5 Å². The van der Waals surface area contributed by atoms with Gasteiger partial charge in [-0.25, -0.2) is 4.79 Å². The fraction of sp³-hybridized carbons (Fsp3) is 0.286. The molecule has 2 aromatic rings. The van der Waals surface area contributed by atoms with Gasteiger partial charge in [-0.05, 0) is 17.5 Å². The van der Waals surface area contributed by atoms with Gasteiger partial charge in [0.1, 0.15) is 0 Å². The summed E-state index contributed by atoms with van der Waals surface area (Å²) >= 11 is 0. The topological polar surface area (TPSA) is 63.7 Å². The number of carbonyl (C=O) groups excluding carboxylic acids is 3. The van der Waals surface area contributed by atoms with Gasteiger partial charge in [0.15, 0.2) is 0 Å². The molecular formula is C21H23NO4. The van der Waals surface area contributed by atoms with E-state index in [0.717, 1.165) is 17.5 Å². The number of nitrogens with zero attached hydrogens (tertiary/aromatic N) is 1. The number of hydrogen-bond donors (Lipinski definition) is 0. The standard InChI is InChI=1S/C21H23NO4/c1-2-3-14-26-21(25)22(19(23)15-17-10-6-4-7-11-17)20(24)16-18-12-8-5-9-13-18/h4-13H,2-3,14-16H2,1H3. The normalized spacial score (nSPS) is 10.2. The smallest absolute Gasteiger partial charge is 0.423 e. The third-order valence-corrected chi connectivity index (χ3v) is 3.80. The quantitative estimate of drug-likeness (QED) is 0.711. The summed E-state index contributed by atoms with van der Waals surface area (Å²) < 4.78 is 5.11. The van der Waals surface area contributed by atoms with Crippen molar-refractivity contribution in [3.05, 3.63) is 71.8 Å². The minimum Gasteiger partial charge on any atom is -0.449 e. The van der Waals surface area contributed by atoms with Crippen LogP contribution in [0.1, 0.15) is 30.9 Å². The maximum Gasteiger partial charge on any atom is 0.423 e. The maximum absolute atomic E-state index is 12.6. The van der Waals surface area contributed by atoms with Crippen molar-refractivity contribution in [3.63, 3.8) is 0 Å². The van der Waals surface area contributed by atoms with Gasteiger partial charge in [0.25, 0.3) is 0 Å². The monoisotopic (exact) mass is 353 g/mol. The molecule has 0 bridgehead atoms. The van der Waals surface area contributed by atoms with Crippen molar-refractivity contribution in [2.24, 2.45) is 0 Å². The minimum atomic E-state index is -0.902. The van der Waals surface area contributed by atoms with E-state index in [-0.39, 0.29) is 19.4 Å². The zero-order valence-electron chi connectivity index (χ0n) is 14.9. The zero-order valence-corrected chi connectivity index (χ0v) is 14.9. The SMILES string of the molecule is CCCCOC(=O)N(C(=O)Cc1ccccc1)C(=O)Cc1ccccc1. The van der Waals surface area contributed by atoms with Crippen LogP contribution in [-0.2, 0) is 27.2 Å². The van der Waals surface area contributed by atoms with Crippen LogP contribution in [0, 0.1) is 0 Å². The van der Waals surface area contributed by atoms with Crippen molar-refractivity contribution in [2.45, 2.75) is 32.6 Å². The highest BCUT2D eigenvalue weighted by molar-refractivity contribution is 6.09. The van der Waals surface area contributed by atoms with Gasteiger partial charge in [-0.15, -0.1) is 0 Å². The summed E-state index contributed by atoms with van der Waals surface area (Å²) in [5.74, 6) is -1.17. The molecule has 0 radical (unpaired) electrons. The molecule has 0 aliphatic rings. The van der Waals surface area contributed by atoms with Crippen LogP contribution < -0.4 is 0 Å². The molecule has 0 aromatic heterocycles. The maximum atomic E-state index is 12.6. The van der Waals surface area contributed by atoms with Crippen molar-refractivity contribution >= 4 is 17.9 Å². The second kappa shape index (κ2) is 10.1. The first kappa shape index (κ1) is 19.4. The van der Waals surface area contributed by atoms with Crippen molar-refractivity contribution in [2.75, 3.05) is 6.61 Å². The summed E-state index contributed by atoms with van der Waals surface area (Å²) in [5.41, 5.74) is 1.47. The van der Waals surface area contributed by atoms with Crippen LogP contribution in [0.4, 0.5) is 4.79 Å². The van der Waals surface area contributed by atoms with Crippen molar-refractivity contribution in [3.8, 4) is 0 Å². The largest absolute Gasteiger partial charge is 0.449 e. The molecule has 0 N–H and O–H groups in total. The molecule has 5 nitrogen and oxygen atoms in total. The Morgan fingerprint density at radius 2 is 1.27 bits per heavy atom. The Kier molecular flexibility index (Phi) is 7.55. The lowest BCUT2D eigenvalue weighted by molar-refractivity contribution is -0.141. The van der Waals surface area contributed by atoms with E-state index in [2.05, 4.69) is 0 Å². The van der Waals surface area contributed by atoms with Gasteiger partial charge in [0.2, 0.25) is 11.8 Å². The molecular weight excluding hydrogens is 330 g/mol. The highest BCUT2D eigenvalue weighted by atomic mass is 16.6. The summed E-state index contributed by atoms with van der Waals surface area (Å²) in [4.78, 5) is 38.2. The number of benzene rings is 2. The fourth-order valence-corrected chi connectivity index (χ4v) is 2.41. The van der Waals surface area contributed by atoms with Crippen LogP contribution >= 0.6 is 0 Å². The summed E-state index contributed by atoms with van der Waals surface area (Å²) in [6.45, 7) is 2.15. The number of hydrogen-bond acceptors (Lipinski definition) is 4. The Morgan fingerprint density at radius 1 is 0.808 bits per heavy atom. The Balaban J connectivity index is 2.13. The van der Waals surface area contributed by atoms with E-state index in [1.807, 2.05) is 19.1 Å². The molecule has 0 aliphatic heterocycles. The molecule has 0 atom stereocenters. The van der Waals surface area contributed by atoms with Crippen LogP contribution in [0.25, 0.3) is 0 Å². The highest BCUT2D eigenvalue weighted by Crippen LogP contribution is 2.09. The van der Waals surface area contributed by atoms with Gasteiger partial charge in [0.05, 0.1) is 19.4 Å². The molecule has 26 heavy (non-hydrogen) atoms. The number of carbonyl (C=O) groups is 3. The van der Waals surface area contributed by atoms with Crippen LogP contribution in [-0.4, -0.2) is 29.4 Å². The second-order valence-corrected chi connectivity index (χ2v) is 5.92. The lowest BCUT2D eigenvalue weighted by atomic mass is 10.1. The molecule has 136 valence electrons. The summed E-state index contributed by atoms with van der Waals surface area (Å²) in [6.07, 6.45) is 0.553. The molecule has 2 aromatic carbocycles. The van der Waals surface area contributed by atoms with Crippen molar-refractivity contribution in [1.29, 1.82) is 0 Å². The Hall–Kier alpha value is -2.95. The van der Waals surface area contributed by atoms with Crippen LogP contribution in [0.3, 0.4) is 0 Å². The molecule has 3 amide bonds. The highest BCUT2D eigenvalue weighted by Gasteiger charge is 2.29. The molecule has 0 saturated heterocycles. The molecule has 2 rings (SSSR count). The zero-order chi connectivity index (χ0) is 18.8.